The Labute approximate surface area is 103 Å². The van der Waals surface area contributed by atoms with Crippen LogP contribution in [0.5, 0.6) is 0 Å². The molecule has 0 spiro atoms. The van der Waals surface area contributed by atoms with Gasteiger partial charge in [-0.05, 0) is 36.1 Å². The lowest BCUT2D eigenvalue weighted by Gasteiger charge is -2.35. The Morgan fingerprint density at radius 1 is 1.00 bits per heavy atom. The van der Waals surface area contributed by atoms with Crippen LogP contribution in [0.4, 0.5) is 0 Å². The van der Waals surface area contributed by atoms with Gasteiger partial charge >= 0.3 is 0 Å². The van der Waals surface area contributed by atoms with Crippen LogP contribution in [0.1, 0.15) is 68.2 Å². The van der Waals surface area contributed by atoms with E-state index < -0.39 is 0 Å². The fourth-order valence-corrected chi connectivity index (χ4v) is 2.52. The van der Waals surface area contributed by atoms with Crippen LogP contribution in [0, 0.1) is 16.7 Å². The molecule has 0 heterocycles. The van der Waals surface area contributed by atoms with Crippen LogP contribution >= 0.6 is 0 Å². The molecule has 0 aromatic rings. The van der Waals surface area contributed by atoms with E-state index in [2.05, 4.69) is 60.7 Å². The quantitative estimate of drug-likeness (QED) is 0.730. The van der Waals surface area contributed by atoms with E-state index in [9.17, 15) is 0 Å². The average Bonchev–Trinajstić information content (AvgIpc) is 1.97. The summed E-state index contributed by atoms with van der Waals surface area (Å²) < 4.78 is 0. The average molecular weight is 227 g/mol. The molecule has 0 aromatic heterocycles. The van der Waals surface area contributed by atoms with Gasteiger partial charge in [0.2, 0.25) is 0 Å². The van der Waals surface area contributed by atoms with Gasteiger partial charge < -0.3 is 5.32 Å². The first-order valence-corrected chi connectivity index (χ1v) is 6.79. The fraction of sp³-hybridized carbons (Fsp3) is 1.00. The molecule has 0 aliphatic rings. The number of rotatable bonds is 5. The van der Waals surface area contributed by atoms with Gasteiger partial charge in [-0.1, -0.05) is 55.4 Å². The first kappa shape index (κ1) is 16.0. The van der Waals surface area contributed by atoms with E-state index in [0.29, 0.717) is 16.9 Å². The van der Waals surface area contributed by atoms with Crippen molar-refractivity contribution in [2.45, 2.75) is 74.3 Å². The Hall–Kier alpha value is -0.0400. The Bertz CT molecular complexity index is 183. The smallest absolute Gasteiger partial charge is 0.0118 e. The summed E-state index contributed by atoms with van der Waals surface area (Å²) in [6.07, 6.45) is 2.60. The molecule has 2 atom stereocenters. The van der Waals surface area contributed by atoms with Crippen molar-refractivity contribution < 1.29 is 0 Å². The zero-order chi connectivity index (χ0) is 13.0. The third-order valence-electron chi connectivity index (χ3n) is 3.09. The summed E-state index contributed by atoms with van der Waals surface area (Å²) in [7, 11) is 0. The second-order valence-electron chi connectivity index (χ2n) is 7.58. The van der Waals surface area contributed by atoms with Gasteiger partial charge in [0.1, 0.15) is 0 Å². The minimum atomic E-state index is 0.363. The minimum Gasteiger partial charge on any atom is -0.314 e. The van der Waals surface area contributed by atoms with Crippen LogP contribution in [0.2, 0.25) is 0 Å². The van der Waals surface area contributed by atoms with Gasteiger partial charge in [-0.2, -0.15) is 0 Å². The normalized spacial score (nSPS) is 17.2. The molecule has 0 fully saturated rings. The lowest BCUT2D eigenvalue weighted by molar-refractivity contribution is 0.204. The molecule has 0 saturated heterocycles. The van der Waals surface area contributed by atoms with E-state index in [4.69, 9.17) is 0 Å². The van der Waals surface area contributed by atoms with Gasteiger partial charge in [-0.25, -0.2) is 0 Å². The monoisotopic (exact) mass is 227 g/mol. The summed E-state index contributed by atoms with van der Waals surface area (Å²) in [5.41, 5.74) is 0.816. The molecule has 2 unspecified atom stereocenters. The molecular weight excluding hydrogens is 194 g/mol. The maximum atomic E-state index is 3.64. The van der Waals surface area contributed by atoms with Crippen molar-refractivity contribution in [2.75, 3.05) is 6.54 Å². The summed E-state index contributed by atoms with van der Waals surface area (Å²) in [6, 6.07) is 0.634. The van der Waals surface area contributed by atoms with E-state index in [1.165, 1.54) is 12.8 Å². The van der Waals surface area contributed by atoms with E-state index >= 15 is 0 Å². The van der Waals surface area contributed by atoms with Crippen molar-refractivity contribution in [1.82, 2.24) is 5.32 Å². The zero-order valence-electron chi connectivity index (χ0n) is 12.8. The molecule has 0 amide bonds. The molecule has 1 nitrogen and oxygen atoms in total. The molecule has 0 aromatic carbocycles. The van der Waals surface area contributed by atoms with Gasteiger partial charge in [0, 0.05) is 6.04 Å². The first-order chi connectivity index (χ1) is 7.06. The summed E-state index contributed by atoms with van der Waals surface area (Å²) in [5, 5.41) is 3.64. The number of hydrogen-bond donors (Lipinski definition) is 1. The highest BCUT2D eigenvalue weighted by molar-refractivity contribution is 4.82. The maximum Gasteiger partial charge on any atom is 0.0118 e. The van der Waals surface area contributed by atoms with E-state index in [1.807, 2.05) is 0 Å². The molecule has 0 aliphatic carbocycles. The number of hydrogen-bond acceptors (Lipinski definition) is 1. The largest absolute Gasteiger partial charge is 0.314 e. The third-order valence-corrected chi connectivity index (χ3v) is 3.09. The van der Waals surface area contributed by atoms with Crippen LogP contribution in [-0.2, 0) is 0 Å². The van der Waals surface area contributed by atoms with E-state index in [1.54, 1.807) is 0 Å². The fourth-order valence-electron chi connectivity index (χ4n) is 2.52. The van der Waals surface area contributed by atoms with Crippen LogP contribution in [0.15, 0.2) is 0 Å². The maximum absolute atomic E-state index is 3.64. The Morgan fingerprint density at radius 2 is 1.50 bits per heavy atom. The van der Waals surface area contributed by atoms with Crippen LogP contribution in [0.25, 0.3) is 0 Å². The Morgan fingerprint density at radius 3 is 1.81 bits per heavy atom. The molecule has 0 radical (unpaired) electrons. The van der Waals surface area contributed by atoms with Gasteiger partial charge in [0.25, 0.3) is 0 Å². The number of nitrogens with one attached hydrogen (secondary N) is 1. The molecule has 1 N–H and O–H groups in total. The standard InChI is InChI=1S/C15H33N/c1-9-16-13(15(6,7)8)10-12(2)11-14(3,4)5/h12-13,16H,9-11H2,1-8H3. The van der Waals surface area contributed by atoms with Crippen LogP contribution in [0.3, 0.4) is 0 Å². The van der Waals surface area contributed by atoms with Crippen molar-refractivity contribution >= 4 is 0 Å². The predicted octanol–water partition coefficient (Wildman–Crippen LogP) is 4.47. The van der Waals surface area contributed by atoms with Gasteiger partial charge in [0.05, 0.1) is 0 Å². The van der Waals surface area contributed by atoms with Gasteiger partial charge in [-0.3, -0.25) is 0 Å². The highest BCUT2D eigenvalue weighted by atomic mass is 14.9. The van der Waals surface area contributed by atoms with E-state index in [-0.39, 0.29) is 0 Å². The second-order valence-corrected chi connectivity index (χ2v) is 7.58. The lowest BCUT2D eigenvalue weighted by Crippen LogP contribution is -2.41. The summed E-state index contributed by atoms with van der Waals surface area (Å²) in [6.45, 7) is 19.7. The zero-order valence-corrected chi connectivity index (χ0v) is 12.8. The van der Waals surface area contributed by atoms with Crippen molar-refractivity contribution in [3.05, 3.63) is 0 Å². The molecule has 0 saturated carbocycles. The highest BCUT2D eigenvalue weighted by Crippen LogP contribution is 2.31. The second kappa shape index (κ2) is 6.05. The molecular formula is C15H33N. The van der Waals surface area contributed by atoms with Crippen molar-refractivity contribution in [3.8, 4) is 0 Å². The SMILES string of the molecule is CCNC(CC(C)CC(C)(C)C)C(C)(C)C. The minimum absolute atomic E-state index is 0.363. The molecule has 98 valence electrons. The highest BCUT2D eigenvalue weighted by Gasteiger charge is 2.26. The Balaban J connectivity index is 4.30. The predicted molar refractivity (Wildman–Crippen MR) is 74.8 cm³/mol. The lowest BCUT2D eigenvalue weighted by atomic mass is 9.77. The molecule has 0 rings (SSSR count). The summed E-state index contributed by atoms with van der Waals surface area (Å²) in [4.78, 5) is 0. The summed E-state index contributed by atoms with van der Waals surface area (Å²) in [5.74, 6) is 0.795. The third kappa shape index (κ3) is 7.27. The van der Waals surface area contributed by atoms with Crippen LogP contribution in [-0.4, -0.2) is 12.6 Å². The molecule has 1 heteroatoms. The van der Waals surface area contributed by atoms with Crippen molar-refractivity contribution in [2.24, 2.45) is 16.7 Å². The first-order valence-electron chi connectivity index (χ1n) is 6.79. The van der Waals surface area contributed by atoms with Crippen molar-refractivity contribution in [3.63, 3.8) is 0 Å². The topological polar surface area (TPSA) is 12.0 Å². The molecule has 16 heavy (non-hydrogen) atoms. The van der Waals surface area contributed by atoms with Crippen molar-refractivity contribution in [1.29, 1.82) is 0 Å². The van der Waals surface area contributed by atoms with Gasteiger partial charge in [0.15, 0.2) is 0 Å². The van der Waals surface area contributed by atoms with Gasteiger partial charge in [-0.15, -0.1) is 0 Å². The molecule has 0 aliphatic heterocycles. The summed E-state index contributed by atoms with van der Waals surface area (Å²) >= 11 is 0. The Kier molecular flexibility index (Phi) is 6.03. The van der Waals surface area contributed by atoms with Crippen LogP contribution < -0.4 is 5.32 Å². The van der Waals surface area contributed by atoms with E-state index in [0.717, 1.165) is 12.5 Å². The molecule has 0 bridgehead atoms.